The molecule has 216 valence electrons. The zero-order chi connectivity index (χ0) is 29.7. The lowest BCUT2D eigenvalue weighted by molar-refractivity contribution is -0.137. The maximum Gasteiger partial charge on any atom is 0.416 e. The summed E-state index contributed by atoms with van der Waals surface area (Å²) in [5.41, 5.74) is -0.233. The minimum atomic E-state index is -4.55. The summed E-state index contributed by atoms with van der Waals surface area (Å²) in [6.07, 6.45) is -3.54. The summed E-state index contributed by atoms with van der Waals surface area (Å²) in [5, 5.41) is 3.05. The Morgan fingerprint density at radius 2 is 1.76 bits per heavy atom. The van der Waals surface area contributed by atoms with Gasteiger partial charge in [0, 0.05) is 12.2 Å². The van der Waals surface area contributed by atoms with Crippen LogP contribution in [0.1, 0.15) is 51.0 Å². The van der Waals surface area contributed by atoms with Crippen LogP contribution in [0, 0.1) is 5.92 Å². The average molecular weight is 567 g/mol. The van der Waals surface area contributed by atoms with Crippen molar-refractivity contribution in [2.24, 2.45) is 5.92 Å². The molecule has 0 spiro atoms. The van der Waals surface area contributed by atoms with Crippen molar-refractivity contribution in [1.29, 1.82) is 0 Å². The van der Waals surface area contributed by atoms with Gasteiger partial charge in [-0.1, -0.05) is 51.1 Å². The Kier molecular flexibility index (Phi) is 9.00. The van der Waals surface area contributed by atoms with E-state index in [0.717, 1.165) is 12.1 Å². The maximum atomic E-state index is 14.0. The number of alkyl halides is 3. The Morgan fingerprint density at radius 1 is 1.05 bits per heavy atom. The predicted octanol–water partition coefficient (Wildman–Crippen LogP) is 7.44. The first-order valence-corrected chi connectivity index (χ1v) is 13.4. The molecule has 1 aromatic heterocycles. The highest BCUT2D eigenvalue weighted by atomic mass is 19.4. The summed E-state index contributed by atoms with van der Waals surface area (Å²) in [6.45, 7) is 6.19. The molecule has 2 amide bonds. The Hall–Kier alpha value is -4.34. The lowest BCUT2D eigenvalue weighted by atomic mass is 10.1. The number of hydrogen-bond donors (Lipinski definition) is 1. The Morgan fingerprint density at radius 3 is 2.44 bits per heavy atom. The van der Waals surface area contributed by atoms with E-state index in [-0.39, 0.29) is 23.7 Å². The van der Waals surface area contributed by atoms with Crippen molar-refractivity contribution in [3.63, 3.8) is 0 Å². The molecule has 3 aromatic carbocycles. The summed E-state index contributed by atoms with van der Waals surface area (Å²) in [4.78, 5) is 34.2. The molecule has 1 N–H and O–H groups in total. The zero-order valence-electron chi connectivity index (χ0n) is 23.4. The van der Waals surface area contributed by atoms with Gasteiger partial charge >= 0.3 is 12.2 Å². The molecular weight excluding hydrogens is 533 g/mol. The maximum absolute atomic E-state index is 14.0. The number of nitrogens with one attached hydrogen (secondary N) is 1. The third-order valence-corrected chi connectivity index (χ3v) is 6.84. The fraction of sp³-hybridized carbons (Fsp3) is 0.323. The van der Waals surface area contributed by atoms with Crippen LogP contribution < -0.4 is 15.6 Å². The molecule has 41 heavy (non-hydrogen) atoms. The van der Waals surface area contributed by atoms with E-state index in [4.69, 9.17) is 9.72 Å². The molecule has 0 radical (unpaired) electrons. The van der Waals surface area contributed by atoms with E-state index in [9.17, 15) is 22.8 Å². The molecule has 0 aliphatic carbocycles. The summed E-state index contributed by atoms with van der Waals surface area (Å²) < 4.78 is 47.0. The topological polar surface area (TPSA) is 76.5 Å². The number of ether oxygens (including phenoxy) is 1. The van der Waals surface area contributed by atoms with E-state index in [1.165, 1.54) is 23.8 Å². The lowest BCUT2D eigenvalue weighted by Crippen LogP contribution is -2.41. The van der Waals surface area contributed by atoms with E-state index in [1.807, 2.05) is 20.8 Å². The van der Waals surface area contributed by atoms with Gasteiger partial charge in [-0.2, -0.15) is 13.2 Å². The molecule has 10 heteroatoms. The number of hydrogen-bond acceptors (Lipinski definition) is 4. The van der Waals surface area contributed by atoms with Crippen molar-refractivity contribution < 1.29 is 22.7 Å². The molecule has 0 aliphatic heterocycles. The highest BCUT2D eigenvalue weighted by Gasteiger charge is 2.32. The first-order chi connectivity index (χ1) is 19.5. The minimum Gasteiger partial charge on any atom is -0.495 e. The number of halogens is 3. The SMILES string of the molecule is CCC(c1nc2ccccc2c(=O)n1-c1ccccc1OC)N(CCC(C)C)C(=O)Nc1cccc(C(F)(F)F)c1. The molecular formula is C31H33F3N4O3. The molecule has 1 unspecified atom stereocenters. The highest BCUT2D eigenvalue weighted by Crippen LogP contribution is 2.32. The van der Waals surface area contributed by atoms with Gasteiger partial charge in [-0.15, -0.1) is 0 Å². The third-order valence-electron chi connectivity index (χ3n) is 6.84. The number of nitrogens with zero attached hydrogens (tertiary/aromatic N) is 3. The van der Waals surface area contributed by atoms with Crippen LogP contribution in [0.15, 0.2) is 77.6 Å². The van der Waals surface area contributed by atoms with Crippen molar-refractivity contribution in [2.75, 3.05) is 19.0 Å². The van der Waals surface area contributed by atoms with Gasteiger partial charge in [-0.25, -0.2) is 9.78 Å². The van der Waals surface area contributed by atoms with E-state index < -0.39 is 23.8 Å². The number of benzene rings is 3. The molecule has 0 saturated heterocycles. The zero-order valence-corrected chi connectivity index (χ0v) is 23.4. The van der Waals surface area contributed by atoms with Crippen LogP contribution >= 0.6 is 0 Å². The number of fused-ring (bicyclic) bond motifs is 1. The highest BCUT2D eigenvalue weighted by molar-refractivity contribution is 5.90. The number of urea groups is 1. The van der Waals surface area contributed by atoms with Gasteiger partial charge in [0.05, 0.1) is 35.3 Å². The van der Waals surface area contributed by atoms with Crippen molar-refractivity contribution in [1.82, 2.24) is 14.5 Å². The van der Waals surface area contributed by atoms with Gasteiger partial charge in [0.15, 0.2) is 0 Å². The van der Waals surface area contributed by atoms with Crippen molar-refractivity contribution in [3.05, 3.63) is 94.5 Å². The first-order valence-electron chi connectivity index (χ1n) is 13.4. The molecule has 7 nitrogen and oxygen atoms in total. The number of methoxy groups -OCH3 is 1. The largest absolute Gasteiger partial charge is 0.495 e. The van der Waals surface area contributed by atoms with Gasteiger partial charge in [-0.3, -0.25) is 9.36 Å². The van der Waals surface area contributed by atoms with Crippen molar-refractivity contribution in [3.8, 4) is 11.4 Å². The number of amides is 2. The summed E-state index contributed by atoms with van der Waals surface area (Å²) in [5.74, 6) is 1.01. The van der Waals surface area contributed by atoms with Crippen LogP contribution in [0.2, 0.25) is 0 Å². The van der Waals surface area contributed by atoms with Crippen LogP contribution in [-0.4, -0.2) is 34.1 Å². The van der Waals surface area contributed by atoms with Crippen LogP contribution in [-0.2, 0) is 6.18 Å². The van der Waals surface area contributed by atoms with E-state index in [1.54, 1.807) is 53.4 Å². The Balaban J connectivity index is 1.87. The van der Waals surface area contributed by atoms with Gasteiger partial charge in [0.2, 0.25) is 0 Å². The number of carbonyl (C=O) groups excluding carboxylic acids is 1. The monoisotopic (exact) mass is 566 g/mol. The van der Waals surface area contributed by atoms with Crippen molar-refractivity contribution in [2.45, 2.75) is 45.8 Å². The quantitative estimate of drug-likeness (QED) is 0.228. The van der Waals surface area contributed by atoms with Crippen molar-refractivity contribution >= 4 is 22.6 Å². The molecule has 0 fully saturated rings. The molecule has 1 atom stereocenters. The fourth-order valence-electron chi connectivity index (χ4n) is 4.73. The molecule has 0 bridgehead atoms. The molecule has 0 saturated carbocycles. The molecule has 4 rings (SSSR count). The summed E-state index contributed by atoms with van der Waals surface area (Å²) in [6, 6.07) is 17.2. The number of aromatic nitrogens is 2. The number of carbonyl (C=O) groups is 1. The van der Waals surface area contributed by atoms with Gasteiger partial charge in [0.25, 0.3) is 5.56 Å². The second-order valence-corrected chi connectivity index (χ2v) is 10.1. The van der Waals surface area contributed by atoms with Crippen LogP contribution in [0.4, 0.5) is 23.7 Å². The molecule has 4 aromatic rings. The van der Waals surface area contributed by atoms with E-state index in [0.29, 0.717) is 41.0 Å². The number of rotatable bonds is 9. The predicted molar refractivity (Wildman–Crippen MR) is 154 cm³/mol. The second kappa shape index (κ2) is 12.4. The van der Waals surface area contributed by atoms with Gasteiger partial charge < -0.3 is 15.0 Å². The fourth-order valence-corrected chi connectivity index (χ4v) is 4.73. The average Bonchev–Trinajstić information content (AvgIpc) is 2.95. The molecule has 1 heterocycles. The summed E-state index contributed by atoms with van der Waals surface area (Å²) in [7, 11) is 1.51. The standard InChI is InChI=1S/C31H33F3N4O3/c1-5-25(37(18-17-20(2)3)30(40)35-22-12-10-11-21(19-22)31(32,33)34)28-36-24-14-7-6-13-23(24)29(39)38(28)26-15-8-9-16-27(26)41-4/h6-16,19-20,25H,5,17-18H2,1-4H3,(H,35,40). The van der Waals surface area contributed by atoms with Gasteiger partial charge in [0.1, 0.15) is 11.6 Å². The smallest absolute Gasteiger partial charge is 0.416 e. The molecule has 0 aliphatic rings. The summed E-state index contributed by atoms with van der Waals surface area (Å²) >= 11 is 0. The van der Waals surface area contributed by atoms with Crippen LogP contribution in [0.25, 0.3) is 16.6 Å². The van der Waals surface area contributed by atoms with E-state index >= 15 is 0 Å². The normalized spacial score (nSPS) is 12.4. The van der Waals surface area contributed by atoms with E-state index in [2.05, 4.69) is 5.32 Å². The second-order valence-electron chi connectivity index (χ2n) is 10.1. The Labute approximate surface area is 236 Å². The van der Waals surface area contributed by atoms with Gasteiger partial charge in [-0.05, 0) is 61.2 Å². The lowest BCUT2D eigenvalue weighted by Gasteiger charge is -2.33. The number of anilines is 1. The third kappa shape index (κ3) is 6.53. The number of para-hydroxylation sites is 3. The minimum absolute atomic E-state index is 0.0165. The Bertz CT molecular complexity index is 1580. The first kappa shape index (κ1) is 29.6. The van der Waals surface area contributed by atoms with Crippen LogP contribution in [0.5, 0.6) is 5.75 Å². The van der Waals surface area contributed by atoms with Crippen LogP contribution in [0.3, 0.4) is 0 Å².